The molecule has 1 aliphatic carbocycles. The molecule has 1 unspecified atom stereocenters. The van der Waals surface area contributed by atoms with Gasteiger partial charge in [0.15, 0.2) is 11.6 Å². The summed E-state index contributed by atoms with van der Waals surface area (Å²) in [5.41, 5.74) is 4.03. The SMILES string of the molecule is CCC/C=C\Cc1ccc(CCC2CC=C(c3ccc(OCCCC)c(F)c3F)CC2)cc1. The van der Waals surface area contributed by atoms with Gasteiger partial charge in [-0.25, -0.2) is 4.39 Å². The van der Waals surface area contributed by atoms with E-state index < -0.39 is 11.6 Å². The number of ether oxygens (including phenoxy) is 1. The smallest absolute Gasteiger partial charge is 0.201 e. The molecule has 0 N–H and O–H groups in total. The van der Waals surface area contributed by atoms with Gasteiger partial charge in [0.05, 0.1) is 6.61 Å². The van der Waals surface area contributed by atoms with Crippen LogP contribution in [-0.4, -0.2) is 6.61 Å². The standard InChI is InChI=1S/C30H38F2O/c1-3-5-7-8-9-23-10-12-24(13-11-23)14-15-25-16-18-26(19-17-25)27-20-21-28(30(32)29(27)31)33-22-6-4-2/h7-8,10-13,18,20-21,25H,3-6,9,14-17,19,22H2,1-2H3/b8-7-. The third-order valence-corrected chi connectivity index (χ3v) is 6.51. The highest BCUT2D eigenvalue weighted by atomic mass is 19.2. The Balaban J connectivity index is 1.50. The highest BCUT2D eigenvalue weighted by Gasteiger charge is 2.21. The van der Waals surface area contributed by atoms with Crippen molar-refractivity contribution < 1.29 is 13.5 Å². The highest BCUT2D eigenvalue weighted by molar-refractivity contribution is 5.67. The van der Waals surface area contributed by atoms with Crippen molar-refractivity contribution in [3.05, 3.63) is 83.0 Å². The number of hydrogen-bond donors (Lipinski definition) is 0. The van der Waals surface area contributed by atoms with Crippen molar-refractivity contribution in [1.82, 2.24) is 0 Å². The van der Waals surface area contributed by atoms with Gasteiger partial charge in [0.1, 0.15) is 0 Å². The molecular weight excluding hydrogens is 414 g/mol. The van der Waals surface area contributed by atoms with E-state index in [2.05, 4.69) is 49.4 Å². The van der Waals surface area contributed by atoms with Crippen LogP contribution >= 0.6 is 0 Å². The average molecular weight is 453 g/mol. The Morgan fingerprint density at radius 1 is 0.939 bits per heavy atom. The predicted octanol–water partition coefficient (Wildman–Crippen LogP) is 8.86. The lowest BCUT2D eigenvalue weighted by Gasteiger charge is -2.23. The summed E-state index contributed by atoms with van der Waals surface area (Å²) in [7, 11) is 0. The molecule has 2 aromatic rings. The van der Waals surface area contributed by atoms with E-state index in [9.17, 15) is 8.78 Å². The molecule has 0 heterocycles. The Morgan fingerprint density at radius 2 is 1.73 bits per heavy atom. The average Bonchev–Trinajstić information content (AvgIpc) is 2.84. The predicted molar refractivity (Wildman–Crippen MR) is 135 cm³/mol. The van der Waals surface area contributed by atoms with Crippen LogP contribution in [-0.2, 0) is 12.8 Å². The molecule has 0 bridgehead atoms. The van der Waals surface area contributed by atoms with Crippen LogP contribution in [0.25, 0.3) is 5.57 Å². The topological polar surface area (TPSA) is 9.23 Å². The fourth-order valence-electron chi connectivity index (χ4n) is 4.33. The maximum absolute atomic E-state index is 14.7. The number of rotatable bonds is 12. The molecule has 3 rings (SSSR count). The summed E-state index contributed by atoms with van der Waals surface area (Å²) in [6, 6.07) is 12.2. The molecule has 3 heteroatoms. The fourth-order valence-corrected chi connectivity index (χ4v) is 4.33. The van der Waals surface area contributed by atoms with E-state index in [1.807, 2.05) is 6.92 Å². The van der Waals surface area contributed by atoms with Crippen molar-refractivity contribution in [2.24, 2.45) is 5.92 Å². The van der Waals surface area contributed by atoms with Gasteiger partial charge in [-0.1, -0.05) is 69.2 Å². The van der Waals surface area contributed by atoms with E-state index in [0.717, 1.165) is 63.4 Å². The molecule has 0 saturated carbocycles. The fraction of sp³-hybridized carbons (Fsp3) is 0.467. The molecule has 0 saturated heterocycles. The Kier molecular flexibility index (Phi) is 10.2. The lowest BCUT2D eigenvalue weighted by Crippen LogP contribution is -2.08. The molecule has 0 spiro atoms. The second kappa shape index (κ2) is 13.3. The van der Waals surface area contributed by atoms with E-state index >= 15 is 0 Å². The largest absolute Gasteiger partial charge is 0.490 e. The van der Waals surface area contributed by atoms with E-state index in [1.165, 1.54) is 17.5 Å². The Bertz CT molecular complexity index is 927. The monoisotopic (exact) mass is 452 g/mol. The second-order valence-electron chi connectivity index (χ2n) is 9.13. The molecule has 0 fully saturated rings. The third kappa shape index (κ3) is 7.55. The normalized spacial score (nSPS) is 16.2. The van der Waals surface area contributed by atoms with Crippen molar-refractivity contribution in [3.63, 3.8) is 0 Å². The van der Waals surface area contributed by atoms with Gasteiger partial charge in [-0.3, -0.25) is 0 Å². The first-order valence-electron chi connectivity index (χ1n) is 12.6. The summed E-state index contributed by atoms with van der Waals surface area (Å²) in [6.45, 7) is 4.65. The maximum Gasteiger partial charge on any atom is 0.201 e. The van der Waals surface area contributed by atoms with E-state index in [1.54, 1.807) is 12.1 Å². The van der Waals surface area contributed by atoms with Crippen LogP contribution in [0.5, 0.6) is 5.75 Å². The van der Waals surface area contributed by atoms with Crippen LogP contribution in [0.15, 0.2) is 54.6 Å². The molecule has 1 nitrogen and oxygen atoms in total. The summed E-state index contributed by atoms with van der Waals surface area (Å²) in [4.78, 5) is 0. The summed E-state index contributed by atoms with van der Waals surface area (Å²) in [6.07, 6.45) is 16.7. The Morgan fingerprint density at radius 3 is 2.42 bits per heavy atom. The third-order valence-electron chi connectivity index (χ3n) is 6.51. The quantitative estimate of drug-likeness (QED) is 0.231. The zero-order chi connectivity index (χ0) is 23.5. The van der Waals surface area contributed by atoms with Crippen LogP contribution in [0.4, 0.5) is 8.78 Å². The number of aryl methyl sites for hydroxylation is 1. The molecule has 0 amide bonds. The van der Waals surface area contributed by atoms with Gasteiger partial charge in [0, 0.05) is 5.56 Å². The van der Waals surface area contributed by atoms with E-state index in [-0.39, 0.29) is 5.75 Å². The van der Waals surface area contributed by atoms with Gasteiger partial charge in [-0.2, -0.15) is 4.39 Å². The minimum Gasteiger partial charge on any atom is -0.490 e. The minimum atomic E-state index is -0.865. The maximum atomic E-state index is 14.7. The van der Waals surface area contributed by atoms with Crippen LogP contribution < -0.4 is 4.74 Å². The zero-order valence-electron chi connectivity index (χ0n) is 20.2. The van der Waals surface area contributed by atoms with E-state index in [4.69, 9.17) is 4.74 Å². The van der Waals surface area contributed by atoms with Gasteiger partial charge in [0.25, 0.3) is 0 Å². The number of hydrogen-bond acceptors (Lipinski definition) is 1. The molecule has 0 aromatic heterocycles. The minimum absolute atomic E-state index is 0.0157. The van der Waals surface area contributed by atoms with Crippen molar-refractivity contribution in [3.8, 4) is 5.75 Å². The first-order chi connectivity index (χ1) is 16.1. The molecule has 33 heavy (non-hydrogen) atoms. The summed E-state index contributed by atoms with van der Waals surface area (Å²) < 4.78 is 34.5. The van der Waals surface area contributed by atoms with Crippen molar-refractivity contribution >= 4 is 5.57 Å². The first-order valence-corrected chi connectivity index (χ1v) is 12.6. The summed E-state index contributed by atoms with van der Waals surface area (Å²) in [5.74, 6) is -1.04. The number of unbranched alkanes of at least 4 members (excludes halogenated alkanes) is 2. The molecule has 0 radical (unpaired) electrons. The van der Waals surface area contributed by atoms with Crippen molar-refractivity contribution in [2.75, 3.05) is 6.61 Å². The molecule has 0 aliphatic heterocycles. The molecular formula is C30H38F2O. The highest BCUT2D eigenvalue weighted by Crippen LogP contribution is 2.35. The lowest BCUT2D eigenvalue weighted by atomic mass is 9.83. The second-order valence-corrected chi connectivity index (χ2v) is 9.13. The first kappa shape index (κ1) is 25.2. The van der Waals surface area contributed by atoms with Gasteiger partial charge >= 0.3 is 0 Å². The van der Waals surface area contributed by atoms with Gasteiger partial charge < -0.3 is 4.74 Å². The van der Waals surface area contributed by atoms with E-state index in [0.29, 0.717) is 18.1 Å². The Hall–Kier alpha value is -2.42. The zero-order valence-corrected chi connectivity index (χ0v) is 20.2. The molecule has 2 aromatic carbocycles. The number of benzene rings is 2. The van der Waals surface area contributed by atoms with Gasteiger partial charge in [0.2, 0.25) is 5.82 Å². The molecule has 1 atom stereocenters. The van der Waals surface area contributed by atoms with Crippen LogP contribution in [0.2, 0.25) is 0 Å². The van der Waals surface area contributed by atoms with Crippen LogP contribution in [0.1, 0.15) is 81.9 Å². The van der Waals surface area contributed by atoms with Crippen molar-refractivity contribution in [2.45, 2.75) is 78.1 Å². The van der Waals surface area contributed by atoms with Gasteiger partial charge in [-0.15, -0.1) is 0 Å². The summed E-state index contributed by atoms with van der Waals surface area (Å²) in [5, 5.41) is 0. The summed E-state index contributed by atoms with van der Waals surface area (Å²) >= 11 is 0. The molecule has 178 valence electrons. The molecule has 1 aliphatic rings. The van der Waals surface area contributed by atoms with Crippen LogP contribution in [0.3, 0.4) is 0 Å². The van der Waals surface area contributed by atoms with Crippen molar-refractivity contribution in [1.29, 1.82) is 0 Å². The number of allylic oxidation sites excluding steroid dienone is 4. The lowest BCUT2D eigenvalue weighted by molar-refractivity contribution is 0.288. The van der Waals surface area contributed by atoms with Crippen LogP contribution in [0, 0.1) is 17.6 Å². The van der Waals surface area contributed by atoms with Gasteiger partial charge in [-0.05, 0) is 86.1 Å². The number of halogens is 2. The Labute approximate surface area is 198 Å².